The van der Waals surface area contributed by atoms with Gasteiger partial charge in [-0.1, -0.05) is 24.3 Å². The molecule has 0 amide bonds. The lowest BCUT2D eigenvalue weighted by molar-refractivity contribution is -0.143. The van der Waals surface area contributed by atoms with Crippen molar-refractivity contribution in [3.8, 4) is 21.9 Å². The molecule has 1 aliphatic heterocycles. The molecule has 5 nitrogen and oxygen atoms in total. The largest absolute Gasteiger partial charge is 0.494 e. The first-order chi connectivity index (χ1) is 20.7. The number of ether oxygens (including phenoxy) is 3. The summed E-state index contributed by atoms with van der Waals surface area (Å²) in [5.74, 6) is 3.21. The Morgan fingerprint density at radius 1 is 0.881 bits per heavy atom. The average molecular weight is 586 g/mol. The van der Waals surface area contributed by atoms with Crippen molar-refractivity contribution in [2.24, 2.45) is 11.8 Å². The summed E-state index contributed by atoms with van der Waals surface area (Å²) >= 11 is 1.94. The van der Waals surface area contributed by atoms with Gasteiger partial charge in [0.25, 0.3) is 0 Å². The molecule has 2 aromatic carbocycles. The van der Waals surface area contributed by atoms with Gasteiger partial charge in [-0.3, -0.25) is 9.69 Å². The van der Waals surface area contributed by atoms with Gasteiger partial charge in [-0.05, 0) is 135 Å². The normalized spacial score (nSPS) is 18.9. The molecule has 2 fully saturated rings. The molecule has 3 aromatic rings. The third kappa shape index (κ3) is 7.45. The monoisotopic (exact) mass is 585 g/mol. The molecule has 1 saturated heterocycles. The third-order valence-electron chi connectivity index (χ3n) is 8.61. The van der Waals surface area contributed by atoms with Crippen LogP contribution in [0.15, 0.2) is 48.5 Å². The molecule has 2 unspecified atom stereocenters. The lowest BCUT2D eigenvalue weighted by atomic mass is 9.98. The highest BCUT2D eigenvalue weighted by molar-refractivity contribution is 7.13. The quantitative estimate of drug-likeness (QED) is 0.157. The van der Waals surface area contributed by atoms with Crippen LogP contribution in [0.1, 0.15) is 63.0 Å². The van der Waals surface area contributed by atoms with Crippen LogP contribution in [0.2, 0.25) is 0 Å². The van der Waals surface area contributed by atoms with E-state index in [2.05, 4.69) is 65.6 Å². The van der Waals surface area contributed by atoms with Crippen molar-refractivity contribution in [2.75, 3.05) is 39.5 Å². The molecule has 1 aromatic heterocycles. The summed E-state index contributed by atoms with van der Waals surface area (Å²) in [4.78, 5) is 15.3. The van der Waals surface area contributed by atoms with E-state index in [-0.39, 0.29) is 5.97 Å². The van der Waals surface area contributed by atoms with Gasteiger partial charge in [-0.25, -0.2) is 0 Å². The number of likely N-dealkylation sites (tertiary alicyclic amines) is 1. The number of unbranched alkanes of at least 4 members (excludes halogenated alkanes) is 2. The smallest absolute Gasteiger partial charge is 0.305 e. The second-order valence-corrected chi connectivity index (χ2v) is 12.8. The zero-order valence-electron chi connectivity index (χ0n) is 24.8. The highest BCUT2D eigenvalue weighted by atomic mass is 32.1. The number of benzene rings is 2. The van der Waals surface area contributed by atoms with Crippen molar-refractivity contribution < 1.29 is 19.0 Å². The van der Waals surface area contributed by atoms with Gasteiger partial charge >= 0.3 is 5.97 Å². The standard InChI is InChI=1S/C36H43NO4S/c1-2-39-35(38)8-4-3-7-20-40-30-13-9-26(10-14-30)22-33-32-24-28-23-29(28)25-34(32)42-36(33)27-11-15-31(16-12-27)41-21-19-37-17-5-6-18-37/h9-16,24-25,28-29H,2-8,17-23H2,1H3. The van der Waals surface area contributed by atoms with Gasteiger partial charge in [-0.2, -0.15) is 0 Å². The summed E-state index contributed by atoms with van der Waals surface area (Å²) < 4.78 is 18.5. The van der Waals surface area contributed by atoms with Gasteiger partial charge in [0.1, 0.15) is 18.1 Å². The van der Waals surface area contributed by atoms with Crippen LogP contribution >= 0.6 is 11.3 Å². The van der Waals surface area contributed by atoms with Crippen LogP contribution in [0, 0.1) is 11.8 Å². The Morgan fingerprint density at radius 2 is 1.60 bits per heavy atom. The van der Waals surface area contributed by atoms with Crippen molar-refractivity contribution in [1.29, 1.82) is 0 Å². The minimum absolute atomic E-state index is 0.106. The zero-order valence-corrected chi connectivity index (χ0v) is 25.6. The van der Waals surface area contributed by atoms with E-state index in [0.29, 0.717) is 19.6 Å². The van der Waals surface area contributed by atoms with Crippen LogP contribution < -0.4 is 19.2 Å². The summed E-state index contributed by atoms with van der Waals surface area (Å²) in [6, 6.07) is 17.3. The summed E-state index contributed by atoms with van der Waals surface area (Å²) in [7, 11) is 0. The molecule has 0 radical (unpaired) electrons. The molecular weight excluding hydrogens is 542 g/mol. The molecule has 0 spiro atoms. The van der Waals surface area contributed by atoms with Crippen molar-refractivity contribution in [1.82, 2.24) is 4.90 Å². The SMILES string of the molecule is CCOC(=O)CCCCCOc1ccc(Cc2c(-c3ccc(OCCN4CCCC4)cc3)sc3c2=CC2CC2C=3)cc1. The number of hydrogen-bond donors (Lipinski definition) is 0. The van der Waals surface area contributed by atoms with E-state index in [0.717, 1.165) is 62.2 Å². The Balaban J connectivity index is 1.08. The number of carbonyl (C=O) groups is 1. The molecule has 2 heterocycles. The second kappa shape index (κ2) is 13.9. The fourth-order valence-electron chi connectivity index (χ4n) is 6.12. The Bertz CT molecular complexity index is 1450. The Hall–Kier alpha value is -3.09. The number of fused-ring (bicyclic) bond motifs is 2. The van der Waals surface area contributed by atoms with E-state index in [1.165, 1.54) is 63.7 Å². The van der Waals surface area contributed by atoms with Crippen molar-refractivity contribution >= 4 is 29.5 Å². The molecule has 6 rings (SSSR count). The molecule has 42 heavy (non-hydrogen) atoms. The molecule has 0 N–H and O–H groups in total. The van der Waals surface area contributed by atoms with Crippen LogP contribution in [-0.4, -0.2) is 50.3 Å². The minimum Gasteiger partial charge on any atom is -0.494 e. The molecule has 222 valence electrons. The van der Waals surface area contributed by atoms with Crippen molar-refractivity contribution in [3.63, 3.8) is 0 Å². The topological polar surface area (TPSA) is 48.0 Å². The number of rotatable bonds is 15. The van der Waals surface area contributed by atoms with Gasteiger partial charge in [0.2, 0.25) is 0 Å². The van der Waals surface area contributed by atoms with Crippen LogP contribution in [-0.2, 0) is 16.0 Å². The molecule has 3 aliphatic rings. The van der Waals surface area contributed by atoms with Gasteiger partial charge in [0.15, 0.2) is 0 Å². The first-order valence-corrected chi connectivity index (χ1v) is 16.7. The summed E-state index contributed by atoms with van der Waals surface area (Å²) in [5, 5.41) is 1.45. The van der Waals surface area contributed by atoms with Crippen LogP contribution in [0.5, 0.6) is 11.5 Å². The maximum Gasteiger partial charge on any atom is 0.305 e. The Morgan fingerprint density at radius 3 is 2.36 bits per heavy atom. The summed E-state index contributed by atoms with van der Waals surface area (Å²) in [5.41, 5.74) is 4.01. The number of carbonyl (C=O) groups excluding carboxylic acids is 1. The third-order valence-corrected chi connectivity index (χ3v) is 9.87. The maximum atomic E-state index is 11.5. The average Bonchev–Trinajstić information content (AvgIpc) is 3.39. The second-order valence-electron chi connectivity index (χ2n) is 11.8. The van der Waals surface area contributed by atoms with E-state index in [1.807, 2.05) is 18.3 Å². The summed E-state index contributed by atoms with van der Waals surface area (Å²) in [6.07, 6.45) is 13.1. The van der Waals surface area contributed by atoms with E-state index < -0.39 is 0 Å². The molecule has 6 heteroatoms. The minimum atomic E-state index is -0.106. The predicted octanol–water partition coefficient (Wildman–Crippen LogP) is 6.19. The molecule has 2 aliphatic carbocycles. The van der Waals surface area contributed by atoms with Crippen molar-refractivity contribution in [3.05, 3.63) is 69.4 Å². The first kappa shape index (κ1) is 29.0. The summed E-state index contributed by atoms with van der Waals surface area (Å²) in [6.45, 7) is 7.13. The van der Waals surface area contributed by atoms with E-state index in [1.54, 1.807) is 0 Å². The van der Waals surface area contributed by atoms with Gasteiger partial charge in [0.05, 0.1) is 13.2 Å². The number of nitrogens with zero attached hydrogens (tertiary/aromatic N) is 1. The van der Waals surface area contributed by atoms with Crippen LogP contribution in [0.3, 0.4) is 0 Å². The highest BCUT2D eigenvalue weighted by Gasteiger charge is 2.35. The zero-order chi connectivity index (χ0) is 28.7. The molecular formula is C36H43NO4S. The lowest BCUT2D eigenvalue weighted by Gasteiger charge is -2.15. The van der Waals surface area contributed by atoms with E-state index >= 15 is 0 Å². The van der Waals surface area contributed by atoms with Crippen molar-refractivity contribution in [2.45, 2.75) is 58.3 Å². The Kier molecular flexibility index (Phi) is 9.61. The van der Waals surface area contributed by atoms with Gasteiger partial charge in [-0.15, -0.1) is 11.3 Å². The lowest BCUT2D eigenvalue weighted by Crippen LogP contribution is -2.25. The van der Waals surface area contributed by atoms with Crippen LogP contribution in [0.4, 0.5) is 0 Å². The first-order valence-electron chi connectivity index (χ1n) is 15.8. The molecule has 2 atom stereocenters. The highest BCUT2D eigenvalue weighted by Crippen LogP contribution is 2.43. The fraction of sp³-hybridized carbons (Fsp3) is 0.472. The number of thiophene rings is 1. The van der Waals surface area contributed by atoms with Gasteiger partial charge < -0.3 is 14.2 Å². The van der Waals surface area contributed by atoms with Gasteiger partial charge in [0, 0.05) is 22.4 Å². The maximum absolute atomic E-state index is 11.5. The number of hydrogen-bond acceptors (Lipinski definition) is 6. The van der Waals surface area contributed by atoms with E-state index in [4.69, 9.17) is 14.2 Å². The van der Waals surface area contributed by atoms with Crippen LogP contribution in [0.25, 0.3) is 22.6 Å². The predicted molar refractivity (Wildman–Crippen MR) is 171 cm³/mol. The van der Waals surface area contributed by atoms with E-state index in [9.17, 15) is 4.79 Å². The number of esters is 1. The molecule has 0 bridgehead atoms. The fourth-order valence-corrected chi connectivity index (χ4v) is 7.44. The molecule has 1 saturated carbocycles. The Labute approximate surface area is 253 Å².